The van der Waals surface area contributed by atoms with Crippen LogP contribution in [0.25, 0.3) is 0 Å². The lowest BCUT2D eigenvalue weighted by Crippen LogP contribution is -2.68. The summed E-state index contributed by atoms with van der Waals surface area (Å²) in [5.41, 5.74) is 5.63. The van der Waals surface area contributed by atoms with Crippen LogP contribution in [-0.2, 0) is 43.1 Å². The molecule has 0 radical (unpaired) electrons. The Morgan fingerprint density at radius 2 is 1.22 bits per heavy atom. The Morgan fingerprint density at radius 1 is 0.602 bits per heavy atom. The number of aliphatic hydroxyl groups is 9. The second-order valence-corrected chi connectivity index (χ2v) is 36.2. The third kappa shape index (κ3) is 19.9. The first-order valence-electron chi connectivity index (χ1n) is 41.7. The van der Waals surface area contributed by atoms with E-state index in [0.717, 1.165) is 70.8 Å². The molecule has 8 amide bonds. The maximum absolute atomic E-state index is 16.5. The van der Waals surface area contributed by atoms with Gasteiger partial charge >= 0.3 is 0 Å². The van der Waals surface area contributed by atoms with Crippen LogP contribution in [0.15, 0.2) is 12.1 Å². The van der Waals surface area contributed by atoms with E-state index >= 15 is 28.8 Å². The van der Waals surface area contributed by atoms with Crippen molar-refractivity contribution >= 4 is 70.5 Å². The van der Waals surface area contributed by atoms with Crippen molar-refractivity contribution in [2.24, 2.45) is 76.7 Å². The van der Waals surface area contributed by atoms with E-state index in [1.54, 1.807) is 7.05 Å². The SMILES string of the molecule is CCCCCCCNCCNCC1C(O)CC2C(C3C[C@H](CC[C@H]3O)[C@H]3NC(=O)[C@@H]4NC(=O)[C@H](CC(N)=O)NC(=O)[C@H](NC(=O)[C@@H](CC(C)C)NC)[C@H](O)[C@H]5CC[C@@H](Oc6cc4cc(c6O[C@@H]4O[C@H](CO)[C@@H](O)[C@H](O)[C@H]4O)O[C@@H]4CC[C@@H](CC4Cl)[C@@H](O)[C@H](NC3=O)C(=O)N[C@@H]2C(=O)NC2C3CC4CC(C3)CC2C4)[C@H](Cl)C5)[C@H]1O. The minimum atomic E-state index is -2.13. The molecule has 32 nitrogen and oxygen atoms in total. The number of ether oxygens (including phenoxy) is 4. The van der Waals surface area contributed by atoms with Crippen LogP contribution in [-0.4, -0.2) is 260 Å². The normalized spacial score (nSPS) is 40.9. The summed E-state index contributed by atoms with van der Waals surface area (Å²) in [6, 6.07) is -9.88. The Hall–Kier alpha value is -5.56. The average Bonchev–Trinajstić information content (AvgIpc) is 0.754. The number of amides is 8. The second-order valence-electron chi connectivity index (χ2n) is 35.1. The average molecular weight is 1630 g/mol. The topological polar surface area (TPSA) is 502 Å². The van der Waals surface area contributed by atoms with Crippen molar-refractivity contribution in [2.45, 2.75) is 295 Å². The van der Waals surface area contributed by atoms with Gasteiger partial charge in [-0.05, 0) is 206 Å². The molecule has 14 aliphatic rings. The van der Waals surface area contributed by atoms with E-state index in [1.807, 2.05) is 13.8 Å². The number of fused-ring (bicyclic) bond motifs is 15. The lowest BCUT2D eigenvalue weighted by molar-refractivity contribution is -0.278. The van der Waals surface area contributed by atoms with Crippen LogP contribution in [0.3, 0.4) is 0 Å². The smallest absolute Gasteiger partial charge is 0.247 e. The first-order valence-corrected chi connectivity index (χ1v) is 42.6. The Kier molecular flexibility index (Phi) is 29.5. The lowest BCUT2D eigenvalue weighted by atomic mass is 9.54. The molecule has 6 heterocycles. The minimum absolute atomic E-state index is 0.00217. The van der Waals surface area contributed by atoms with Crippen molar-refractivity contribution in [2.75, 3.05) is 39.8 Å². The molecule has 28 atom stereocenters. The molecule has 8 aliphatic carbocycles. The molecule has 15 bridgehead atoms. The van der Waals surface area contributed by atoms with Gasteiger partial charge in [0.2, 0.25) is 59.3 Å². The largest absolute Gasteiger partial charge is 0.485 e. The molecule has 34 heteroatoms. The number of alkyl halides is 2. The molecule has 10 fully saturated rings. The van der Waals surface area contributed by atoms with Crippen LogP contribution in [0.1, 0.15) is 174 Å². The van der Waals surface area contributed by atoms with Gasteiger partial charge in [-0.3, -0.25) is 38.4 Å². The molecule has 634 valence electrons. The van der Waals surface area contributed by atoms with Crippen molar-refractivity contribution in [1.82, 2.24) is 53.2 Å². The molecule has 0 spiro atoms. The summed E-state index contributed by atoms with van der Waals surface area (Å²) in [6.07, 6.45) is -9.93. The Bertz CT molecular complexity index is 3450. The highest BCUT2D eigenvalue weighted by molar-refractivity contribution is 6.21. The lowest BCUT2D eigenvalue weighted by Gasteiger charge is -2.55. The molecule has 6 unspecified atom stereocenters. The quantitative estimate of drug-likeness (QED) is 0.0455. The van der Waals surface area contributed by atoms with Crippen LogP contribution in [0, 0.1) is 71.0 Å². The van der Waals surface area contributed by atoms with Crippen molar-refractivity contribution in [3.8, 4) is 17.2 Å². The molecule has 6 aliphatic heterocycles. The summed E-state index contributed by atoms with van der Waals surface area (Å²) in [5.74, 6) is -14.8. The van der Waals surface area contributed by atoms with Crippen LogP contribution in [0.4, 0.5) is 0 Å². The zero-order valence-electron chi connectivity index (χ0n) is 65.1. The van der Waals surface area contributed by atoms with E-state index in [2.05, 4.69) is 60.1 Å². The molecular weight excluding hydrogens is 1510 g/mol. The van der Waals surface area contributed by atoms with Crippen LogP contribution >= 0.6 is 23.2 Å². The van der Waals surface area contributed by atoms with Gasteiger partial charge in [-0.15, -0.1) is 23.2 Å². The van der Waals surface area contributed by atoms with Gasteiger partial charge in [-0.1, -0.05) is 46.5 Å². The number of nitrogens with two attached hydrogens (primary N) is 1. The van der Waals surface area contributed by atoms with E-state index in [4.69, 9.17) is 47.9 Å². The first-order chi connectivity index (χ1) is 54.0. The van der Waals surface area contributed by atoms with E-state index < -0.39 is 234 Å². The number of rotatable bonds is 23. The minimum Gasteiger partial charge on any atom is -0.485 e. The zero-order chi connectivity index (χ0) is 81.0. The third-order valence-electron chi connectivity index (χ3n) is 26.9. The summed E-state index contributed by atoms with van der Waals surface area (Å²) < 4.78 is 26.3. The van der Waals surface area contributed by atoms with Gasteiger partial charge < -0.3 is 124 Å². The first kappa shape index (κ1) is 86.8. The molecule has 15 rings (SSSR count). The molecular formula is C79H123Cl2N11O21. The predicted octanol–water partition coefficient (Wildman–Crippen LogP) is -1.13. The number of aliphatic hydroxyl groups excluding tert-OH is 9. The van der Waals surface area contributed by atoms with Crippen molar-refractivity contribution in [1.29, 1.82) is 0 Å². The monoisotopic (exact) mass is 1630 g/mol. The van der Waals surface area contributed by atoms with Gasteiger partial charge in [0, 0.05) is 31.6 Å². The highest BCUT2D eigenvalue weighted by atomic mass is 35.5. The standard InChI is InChI=1S/C79H123Cl2N11O21/c1-5-6-7-8-9-16-84-17-18-85-32-45-51(95)30-44-58(67(45)99)43-25-37(10-13-50(43)94)60-74(105)92-64(78(109)90-62(44)76(107)87-59-40-21-35-20-36(23-40)24-41(59)22-35)66(98)39-12-15-53(47(81)27-39)111-55-29-42-28-54(71(55)113-79-70(102)69(101)68(100)56(33-93)112-79)110-52-14-11-38(26-46(52)80)65(97)63(91-72(103)48(83-4)19-34(2)3)77(108)86-49(31-57(82)96)73(104)88-61(42)75(106)89-60/h28-29,34-41,43-53,56,58-70,79,83-85,93-95,97-102H,5-27,30-33H2,1-4H3,(H2,82,96)(H,86,108)(H,87,107)(H,88,104)(H,89,106)(H,90,109)(H,91,103)(H,92,105)/t35?,36?,37-,38-,39-,40?,41?,43?,44?,45?,46+,47?,48+,49-,50+,51?,52+,53+,56+,58?,59?,60+,61+,62-,63+,64-,65+,66+,67-,68+,69-,70+,79-/m0/s1. The van der Waals surface area contributed by atoms with Crippen molar-refractivity contribution in [3.05, 3.63) is 17.7 Å². The number of unbranched alkanes of at least 4 members (excludes halogenated alkanes) is 4. The Balaban J connectivity index is 0.976. The highest BCUT2D eigenvalue weighted by Gasteiger charge is 2.58. The number of nitrogens with one attached hydrogen (secondary N) is 10. The number of hydrogen-bond acceptors (Lipinski definition) is 24. The van der Waals surface area contributed by atoms with Gasteiger partial charge in [-0.2, -0.15) is 0 Å². The Morgan fingerprint density at radius 3 is 1.84 bits per heavy atom. The maximum atomic E-state index is 16.5. The molecule has 1 aromatic carbocycles. The number of carbonyl (C=O) groups is 8. The van der Waals surface area contributed by atoms with Crippen LogP contribution in [0.5, 0.6) is 17.2 Å². The van der Waals surface area contributed by atoms with Gasteiger partial charge in [0.15, 0.2) is 11.5 Å². The number of halogens is 2. The molecule has 21 N–H and O–H groups in total. The van der Waals surface area contributed by atoms with Gasteiger partial charge in [0.05, 0.1) is 60.3 Å². The molecule has 0 aromatic heterocycles. The highest BCUT2D eigenvalue weighted by Crippen LogP contribution is 2.55. The van der Waals surface area contributed by atoms with E-state index in [1.165, 1.54) is 12.1 Å². The fraction of sp³-hybridized carbons (Fsp3) is 0.823. The summed E-state index contributed by atoms with van der Waals surface area (Å²) in [7, 11) is 1.54. The van der Waals surface area contributed by atoms with Crippen molar-refractivity contribution < 1.29 is 103 Å². The van der Waals surface area contributed by atoms with E-state index in [0.29, 0.717) is 24.9 Å². The second kappa shape index (κ2) is 38.4. The number of likely N-dealkylation sites (N-methyl/N-ethyl adjacent to an activating group) is 1. The zero-order valence-corrected chi connectivity index (χ0v) is 66.6. The predicted molar refractivity (Wildman–Crippen MR) is 410 cm³/mol. The summed E-state index contributed by atoms with van der Waals surface area (Å²) in [5, 5.41) is 136. The fourth-order valence-electron chi connectivity index (χ4n) is 21.1. The summed E-state index contributed by atoms with van der Waals surface area (Å²) in [6.45, 7) is 6.99. The van der Waals surface area contributed by atoms with Crippen LogP contribution in [0.2, 0.25) is 0 Å². The van der Waals surface area contributed by atoms with E-state index in [-0.39, 0.29) is 118 Å². The fourth-order valence-corrected chi connectivity index (χ4v) is 21.9. The molecule has 1 aromatic rings. The number of carbonyl (C=O) groups excluding carboxylic acids is 8. The van der Waals surface area contributed by atoms with Gasteiger partial charge in [-0.25, -0.2) is 0 Å². The summed E-state index contributed by atoms with van der Waals surface area (Å²) >= 11 is 14.8. The third-order valence-corrected chi connectivity index (χ3v) is 27.9. The molecule has 113 heavy (non-hydrogen) atoms. The van der Waals surface area contributed by atoms with Crippen LogP contribution < -0.4 is 73.1 Å². The van der Waals surface area contributed by atoms with Gasteiger partial charge in [0.25, 0.3) is 0 Å². The molecule has 8 saturated carbocycles. The van der Waals surface area contributed by atoms with E-state index in [9.17, 15) is 55.5 Å². The number of benzene rings is 1. The summed E-state index contributed by atoms with van der Waals surface area (Å²) in [4.78, 5) is 123. The Labute approximate surface area is 669 Å². The number of hydrogen-bond donors (Lipinski definition) is 20. The number of primary amides is 1. The van der Waals surface area contributed by atoms with Crippen molar-refractivity contribution in [3.63, 3.8) is 0 Å². The maximum Gasteiger partial charge on any atom is 0.247 e. The molecule has 2 saturated heterocycles. The van der Waals surface area contributed by atoms with Gasteiger partial charge in [0.1, 0.15) is 72.9 Å².